The highest BCUT2D eigenvalue weighted by molar-refractivity contribution is 5.95. The predicted molar refractivity (Wildman–Crippen MR) is 125 cm³/mol. The quantitative estimate of drug-likeness (QED) is 0.563. The molecule has 1 aliphatic rings. The van der Waals surface area contributed by atoms with Crippen LogP contribution in [0.5, 0.6) is 5.75 Å². The molecule has 4 rings (SSSR count). The number of carbonyl (C=O) groups is 1. The Morgan fingerprint density at radius 3 is 2.47 bits per heavy atom. The first-order chi connectivity index (χ1) is 15.5. The maximum absolute atomic E-state index is 13.3. The molecule has 0 spiro atoms. The number of rotatable bonds is 6. The van der Waals surface area contributed by atoms with Crippen LogP contribution in [-0.2, 0) is 4.79 Å². The summed E-state index contributed by atoms with van der Waals surface area (Å²) in [6.07, 6.45) is 1.53. The highest BCUT2D eigenvalue weighted by Gasteiger charge is 2.30. The van der Waals surface area contributed by atoms with Crippen molar-refractivity contribution < 1.29 is 14.1 Å². The lowest BCUT2D eigenvalue weighted by Crippen LogP contribution is -2.43. The van der Waals surface area contributed by atoms with E-state index < -0.39 is 0 Å². The smallest absolute Gasteiger partial charge is 0.324 e. The first-order valence-corrected chi connectivity index (χ1v) is 11.1. The first-order valence-electron chi connectivity index (χ1n) is 11.1. The second-order valence-electron chi connectivity index (χ2n) is 8.24. The minimum absolute atomic E-state index is 0.00297. The molecule has 1 aromatic heterocycles. The fraction of sp³-hybridized carbons (Fsp3) is 0.400. The summed E-state index contributed by atoms with van der Waals surface area (Å²) in [4.78, 5) is 21.8. The van der Waals surface area contributed by atoms with Crippen molar-refractivity contribution in [1.29, 1.82) is 0 Å². The molecule has 2 heterocycles. The van der Waals surface area contributed by atoms with E-state index in [4.69, 9.17) is 9.26 Å². The SMILES string of the molecule is CCN(C(=O)C1CCN(c2nc(-c3ccc(OC)cc3)no2)CC1)c1ccc(C)c(C)c1. The van der Waals surface area contributed by atoms with Crippen LogP contribution in [-0.4, -0.2) is 42.8 Å². The van der Waals surface area contributed by atoms with E-state index in [2.05, 4.69) is 41.0 Å². The third-order valence-corrected chi connectivity index (χ3v) is 6.26. The van der Waals surface area contributed by atoms with Crippen LogP contribution >= 0.6 is 0 Å². The summed E-state index contributed by atoms with van der Waals surface area (Å²) < 4.78 is 10.7. The zero-order chi connectivity index (χ0) is 22.7. The number of nitrogens with zero attached hydrogens (tertiary/aromatic N) is 4. The van der Waals surface area contributed by atoms with Crippen molar-refractivity contribution in [3.63, 3.8) is 0 Å². The Morgan fingerprint density at radius 2 is 1.84 bits per heavy atom. The number of hydrogen-bond acceptors (Lipinski definition) is 6. The van der Waals surface area contributed by atoms with E-state index in [1.807, 2.05) is 42.2 Å². The molecule has 1 amide bonds. The molecule has 32 heavy (non-hydrogen) atoms. The van der Waals surface area contributed by atoms with Gasteiger partial charge in [-0.25, -0.2) is 0 Å². The van der Waals surface area contributed by atoms with Crippen molar-refractivity contribution in [2.75, 3.05) is 36.5 Å². The van der Waals surface area contributed by atoms with Crippen LogP contribution in [0.15, 0.2) is 47.0 Å². The minimum atomic E-state index is -0.00297. The van der Waals surface area contributed by atoms with E-state index in [9.17, 15) is 4.79 Å². The molecule has 7 nitrogen and oxygen atoms in total. The molecule has 0 unspecified atom stereocenters. The van der Waals surface area contributed by atoms with E-state index in [1.165, 1.54) is 11.1 Å². The van der Waals surface area contributed by atoms with E-state index in [0.29, 0.717) is 31.5 Å². The number of hydrogen-bond donors (Lipinski definition) is 0. The van der Waals surface area contributed by atoms with Gasteiger partial charge in [-0.05, 0) is 81.1 Å². The number of aromatic nitrogens is 2. The van der Waals surface area contributed by atoms with Crippen molar-refractivity contribution in [3.8, 4) is 17.1 Å². The number of carbonyl (C=O) groups excluding carboxylic acids is 1. The van der Waals surface area contributed by atoms with Crippen LogP contribution in [0.2, 0.25) is 0 Å². The van der Waals surface area contributed by atoms with E-state index in [0.717, 1.165) is 29.8 Å². The van der Waals surface area contributed by atoms with E-state index >= 15 is 0 Å². The number of ether oxygens (including phenoxy) is 1. The Bertz CT molecular complexity index is 1070. The number of benzene rings is 2. The molecule has 168 valence electrons. The Hall–Kier alpha value is -3.35. The third-order valence-electron chi connectivity index (χ3n) is 6.26. The van der Waals surface area contributed by atoms with E-state index in [1.54, 1.807) is 7.11 Å². The van der Waals surface area contributed by atoms with Gasteiger partial charge in [-0.1, -0.05) is 11.2 Å². The van der Waals surface area contributed by atoms with E-state index in [-0.39, 0.29) is 11.8 Å². The largest absolute Gasteiger partial charge is 0.497 e. The van der Waals surface area contributed by atoms with Gasteiger partial charge in [0.15, 0.2) is 0 Å². The summed E-state index contributed by atoms with van der Waals surface area (Å²) in [5.74, 6) is 1.52. The van der Waals surface area contributed by atoms with Crippen LogP contribution in [0.25, 0.3) is 11.4 Å². The van der Waals surface area contributed by atoms with Gasteiger partial charge in [-0.15, -0.1) is 0 Å². The summed E-state index contributed by atoms with van der Waals surface area (Å²) in [5.41, 5.74) is 4.29. The maximum Gasteiger partial charge on any atom is 0.324 e. The lowest BCUT2D eigenvalue weighted by atomic mass is 9.95. The molecular formula is C25H30N4O3. The van der Waals surface area contributed by atoms with Crippen LogP contribution < -0.4 is 14.5 Å². The first kappa shape index (κ1) is 21.9. The molecule has 0 atom stereocenters. The van der Waals surface area contributed by atoms with Gasteiger partial charge in [0.05, 0.1) is 7.11 Å². The highest BCUT2D eigenvalue weighted by Crippen LogP contribution is 2.28. The average molecular weight is 435 g/mol. The van der Waals surface area contributed by atoms with Crippen molar-refractivity contribution >= 4 is 17.6 Å². The van der Waals surface area contributed by atoms with Crippen LogP contribution in [0.3, 0.4) is 0 Å². The van der Waals surface area contributed by atoms with Gasteiger partial charge >= 0.3 is 6.01 Å². The molecule has 0 bridgehead atoms. The summed E-state index contributed by atoms with van der Waals surface area (Å²) in [5, 5.41) is 4.12. The second kappa shape index (κ2) is 9.42. The fourth-order valence-electron chi connectivity index (χ4n) is 4.10. The summed E-state index contributed by atoms with van der Waals surface area (Å²) in [6, 6.07) is 14.3. The molecular weight excluding hydrogens is 404 g/mol. The lowest BCUT2D eigenvalue weighted by molar-refractivity contribution is -0.122. The molecule has 2 aromatic carbocycles. The molecule has 0 N–H and O–H groups in total. The van der Waals surface area contributed by atoms with Crippen molar-refractivity contribution in [2.24, 2.45) is 5.92 Å². The van der Waals surface area contributed by atoms with Crippen molar-refractivity contribution in [2.45, 2.75) is 33.6 Å². The summed E-state index contributed by atoms with van der Waals surface area (Å²) in [6.45, 7) is 8.29. The zero-order valence-corrected chi connectivity index (χ0v) is 19.2. The van der Waals surface area contributed by atoms with Gasteiger partial charge in [0.25, 0.3) is 0 Å². The van der Waals surface area contributed by atoms with Gasteiger partial charge in [-0.2, -0.15) is 4.98 Å². The number of aryl methyl sites for hydroxylation is 2. The Labute approximate surface area is 189 Å². The van der Waals surface area contributed by atoms with Gasteiger partial charge < -0.3 is 19.1 Å². The molecule has 0 saturated carbocycles. The molecule has 0 radical (unpaired) electrons. The second-order valence-corrected chi connectivity index (χ2v) is 8.24. The highest BCUT2D eigenvalue weighted by atomic mass is 16.5. The van der Waals surface area contributed by atoms with Crippen molar-refractivity contribution in [3.05, 3.63) is 53.6 Å². The van der Waals surface area contributed by atoms with Gasteiger partial charge in [0, 0.05) is 36.8 Å². The normalized spacial score (nSPS) is 14.4. The fourth-order valence-corrected chi connectivity index (χ4v) is 4.10. The van der Waals surface area contributed by atoms with Crippen LogP contribution in [0.4, 0.5) is 11.7 Å². The van der Waals surface area contributed by atoms with Crippen LogP contribution in [0, 0.1) is 19.8 Å². The number of piperidine rings is 1. The Balaban J connectivity index is 1.39. The molecule has 1 saturated heterocycles. The van der Waals surface area contributed by atoms with Crippen molar-refractivity contribution in [1.82, 2.24) is 10.1 Å². The predicted octanol–water partition coefficient (Wildman–Crippen LogP) is 4.63. The van der Waals surface area contributed by atoms with Gasteiger partial charge in [-0.3, -0.25) is 4.79 Å². The molecule has 0 aliphatic carbocycles. The summed E-state index contributed by atoms with van der Waals surface area (Å²) >= 11 is 0. The third kappa shape index (κ3) is 4.47. The number of anilines is 2. The topological polar surface area (TPSA) is 71.7 Å². The standard InChI is InChI=1S/C25H30N4O3/c1-5-29(21-9-6-17(2)18(3)16-21)24(30)20-12-14-28(15-13-20)25-26-23(27-32-25)19-7-10-22(31-4)11-8-19/h6-11,16,20H,5,12-15H2,1-4H3. The molecule has 1 aliphatic heterocycles. The summed E-state index contributed by atoms with van der Waals surface area (Å²) in [7, 11) is 1.64. The zero-order valence-electron chi connectivity index (χ0n) is 19.2. The number of amides is 1. The van der Waals surface area contributed by atoms with Crippen LogP contribution in [0.1, 0.15) is 30.9 Å². The van der Waals surface area contributed by atoms with Gasteiger partial charge in [0.2, 0.25) is 11.7 Å². The Morgan fingerprint density at radius 1 is 1.12 bits per heavy atom. The number of methoxy groups -OCH3 is 1. The molecule has 1 fully saturated rings. The monoisotopic (exact) mass is 434 g/mol. The van der Waals surface area contributed by atoms with Gasteiger partial charge in [0.1, 0.15) is 5.75 Å². The lowest BCUT2D eigenvalue weighted by Gasteiger charge is -2.33. The Kier molecular flexibility index (Phi) is 6.44. The minimum Gasteiger partial charge on any atom is -0.497 e. The maximum atomic E-state index is 13.3. The molecule has 7 heteroatoms. The average Bonchev–Trinajstić information content (AvgIpc) is 3.32. The molecule has 3 aromatic rings.